The number of amides is 1. The molecule has 3 rings (SSSR count). The number of aldehydes is 1. The van der Waals surface area contributed by atoms with E-state index in [1.807, 2.05) is 0 Å². The molecule has 0 bridgehead atoms. The Hall–Kier alpha value is -1.96. The van der Waals surface area contributed by atoms with Gasteiger partial charge >= 0.3 is 11.9 Å². The molecule has 0 aromatic carbocycles. The van der Waals surface area contributed by atoms with Crippen LogP contribution in [0.1, 0.15) is 19.3 Å². The molecule has 8 nitrogen and oxygen atoms in total. The first kappa shape index (κ1) is 15.9. The van der Waals surface area contributed by atoms with Crippen molar-refractivity contribution in [1.29, 1.82) is 0 Å². The number of esters is 2. The maximum absolute atomic E-state index is 12.9. The van der Waals surface area contributed by atoms with Crippen LogP contribution >= 0.6 is 0 Å². The van der Waals surface area contributed by atoms with Gasteiger partial charge in [-0.1, -0.05) is 0 Å². The largest absolute Gasteiger partial charge is 0.467 e. The molecule has 1 aliphatic carbocycles. The van der Waals surface area contributed by atoms with Crippen LogP contribution in [0.4, 0.5) is 0 Å². The van der Waals surface area contributed by atoms with Gasteiger partial charge in [-0.3, -0.25) is 9.59 Å². The van der Waals surface area contributed by atoms with Gasteiger partial charge in [-0.15, -0.1) is 0 Å². The molecule has 3 fully saturated rings. The van der Waals surface area contributed by atoms with Crippen molar-refractivity contribution in [3.63, 3.8) is 0 Å². The van der Waals surface area contributed by atoms with Gasteiger partial charge in [0, 0.05) is 18.4 Å². The van der Waals surface area contributed by atoms with E-state index in [0.29, 0.717) is 25.7 Å². The zero-order chi connectivity index (χ0) is 16.7. The number of carbonyl (C=O) groups is 4. The summed E-state index contributed by atoms with van der Waals surface area (Å²) >= 11 is 0. The van der Waals surface area contributed by atoms with Gasteiger partial charge in [0.05, 0.1) is 18.9 Å². The molecule has 3 aliphatic rings. The molecule has 8 heteroatoms. The number of cyclic esters (lactones) is 1. The Morgan fingerprint density at radius 2 is 2.17 bits per heavy atom. The molecule has 1 saturated carbocycles. The summed E-state index contributed by atoms with van der Waals surface area (Å²) in [4.78, 5) is 49.5. The number of nitrogens with zero attached hydrogens (tertiary/aromatic N) is 1. The minimum atomic E-state index is -1.28. The van der Waals surface area contributed by atoms with Crippen LogP contribution < -0.4 is 0 Å². The smallest absolute Gasteiger partial charge is 0.328 e. The number of fused-ring (bicyclic) bond motifs is 1. The van der Waals surface area contributed by atoms with Crippen LogP contribution in [0.5, 0.6) is 0 Å². The van der Waals surface area contributed by atoms with Crippen molar-refractivity contribution >= 4 is 24.1 Å². The summed E-state index contributed by atoms with van der Waals surface area (Å²) in [6, 6.07) is -0.679. The van der Waals surface area contributed by atoms with E-state index < -0.39 is 53.8 Å². The number of hydrogen-bond donors (Lipinski definition) is 1. The second kappa shape index (κ2) is 5.92. The summed E-state index contributed by atoms with van der Waals surface area (Å²) in [5, 5.41) is 9.77. The molecule has 0 aromatic rings. The van der Waals surface area contributed by atoms with Crippen LogP contribution in [0.2, 0.25) is 0 Å². The Labute approximate surface area is 132 Å². The van der Waals surface area contributed by atoms with Crippen molar-refractivity contribution < 1.29 is 33.8 Å². The third-order valence-corrected chi connectivity index (χ3v) is 5.20. The molecule has 6 atom stereocenters. The quantitative estimate of drug-likeness (QED) is 0.528. The molecule has 2 heterocycles. The molecule has 23 heavy (non-hydrogen) atoms. The molecular formula is C15H19NO7. The van der Waals surface area contributed by atoms with E-state index >= 15 is 0 Å². The highest BCUT2D eigenvalue weighted by Crippen LogP contribution is 2.48. The van der Waals surface area contributed by atoms with E-state index in [4.69, 9.17) is 9.47 Å². The zero-order valence-corrected chi connectivity index (χ0v) is 12.7. The minimum absolute atomic E-state index is 0.230. The first-order valence-corrected chi connectivity index (χ1v) is 7.71. The molecule has 1 N–H and O–H groups in total. The van der Waals surface area contributed by atoms with Gasteiger partial charge in [-0.05, 0) is 19.3 Å². The van der Waals surface area contributed by atoms with Crippen molar-refractivity contribution in [1.82, 2.24) is 4.90 Å². The lowest BCUT2D eigenvalue weighted by atomic mass is 9.87. The summed E-state index contributed by atoms with van der Waals surface area (Å²) in [5.41, 5.74) is 0. The van der Waals surface area contributed by atoms with Crippen LogP contribution in [0.15, 0.2) is 0 Å². The first-order chi connectivity index (χ1) is 11.0. The van der Waals surface area contributed by atoms with E-state index in [9.17, 15) is 24.3 Å². The highest BCUT2D eigenvalue weighted by atomic mass is 16.6. The fourth-order valence-electron chi connectivity index (χ4n) is 4.12. The lowest BCUT2D eigenvalue weighted by Crippen LogP contribution is -2.47. The number of ether oxygens (including phenoxy) is 2. The van der Waals surface area contributed by atoms with Crippen LogP contribution in [0.3, 0.4) is 0 Å². The Balaban J connectivity index is 1.86. The second-order valence-corrected chi connectivity index (χ2v) is 6.29. The van der Waals surface area contributed by atoms with Gasteiger partial charge in [0.25, 0.3) is 0 Å². The summed E-state index contributed by atoms with van der Waals surface area (Å²) in [6.07, 6.45) is 0.768. The average Bonchev–Trinajstić information content (AvgIpc) is 3.22. The fourth-order valence-corrected chi connectivity index (χ4v) is 4.12. The van der Waals surface area contributed by atoms with Crippen molar-refractivity contribution in [2.75, 3.05) is 13.7 Å². The van der Waals surface area contributed by atoms with Gasteiger partial charge in [-0.2, -0.15) is 0 Å². The number of methoxy groups -OCH3 is 1. The minimum Gasteiger partial charge on any atom is -0.467 e. The Morgan fingerprint density at radius 3 is 2.83 bits per heavy atom. The first-order valence-electron chi connectivity index (χ1n) is 7.71. The molecule has 2 saturated heterocycles. The number of rotatable bonds is 3. The Morgan fingerprint density at radius 1 is 1.43 bits per heavy atom. The van der Waals surface area contributed by atoms with Gasteiger partial charge in [-0.25, -0.2) is 4.79 Å². The lowest BCUT2D eigenvalue weighted by Gasteiger charge is -2.28. The van der Waals surface area contributed by atoms with Crippen LogP contribution in [0.25, 0.3) is 0 Å². The van der Waals surface area contributed by atoms with E-state index in [1.165, 1.54) is 12.0 Å². The summed E-state index contributed by atoms with van der Waals surface area (Å²) in [7, 11) is 1.26. The lowest BCUT2D eigenvalue weighted by molar-refractivity contribution is -0.161. The fraction of sp³-hybridized carbons (Fsp3) is 0.733. The third-order valence-electron chi connectivity index (χ3n) is 5.20. The normalized spacial score (nSPS) is 39.0. The highest BCUT2D eigenvalue weighted by molar-refractivity contribution is 5.92. The second-order valence-electron chi connectivity index (χ2n) is 6.29. The standard InChI is InChI=1S/C15H19NO7/c1-22-14(20)9-3-2-4-16(9)12(18)10-7(6-17)5-8-11(10)15(21)23-13(8)19/h6-11,13,19H,2-5H2,1H3/t7-,8-,9-,10+,11-,13-/m0/s1. The zero-order valence-electron chi connectivity index (χ0n) is 12.7. The van der Waals surface area contributed by atoms with Gasteiger partial charge < -0.3 is 24.3 Å². The SMILES string of the molecule is COC(=O)[C@@H]1CCCN1C(=O)[C@H]1[C@H]2C(=O)O[C@H](O)[C@H]2C[C@H]1C=O. The molecule has 126 valence electrons. The average molecular weight is 325 g/mol. The van der Waals surface area contributed by atoms with Crippen molar-refractivity contribution in [2.24, 2.45) is 23.7 Å². The van der Waals surface area contributed by atoms with E-state index in [-0.39, 0.29) is 6.42 Å². The van der Waals surface area contributed by atoms with E-state index in [0.717, 1.165) is 0 Å². The molecule has 0 aromatic heterocycles. The topological polar surface area (TPSA) is 110 Å². The van der Waals surface area contributed by atoms with Gasteiger partial charge in [0.15, 0.2) is 0 Å². The number of hydrogen-bond acceptors (Lipinski definition) is 7. The van der Waals surface area contributed by atoms with Crippen LogP contribution in [-0.4, -0.2) is 60.1 Å². The Bertz CT molecular complexity index is 548. The number of aliphatic hydroxyl groups excluding tert-OH is 1. The van der Waals surface area contributed by atoms with Crippen molar-refractivity contribution in [3.8, 4) is 0 Å². The molecule has 0 spiro atoms. The monoisotopic (exact) mass is 325 g/mol. The predicted molar refractivity (Wildman–Crippen MR) is 73.5 cm³/mol. The van der Waals surface area contributed by atoms with Gasteiger partial charge in [0.1, 0.15) is 12.3 Å². The predicted octanol–water partition coefficient (Wildman–Crippen LogP) is -0.907. The van der Waals surface area contributed by atoms with Crippen molar-refractivity contribution in [3.05, 3.63) is 0 Å². The maximum Gasteiger partial charge on any atom is 0.328 e. The van der Waals surface area contributed by atoms with Crippen molar-refractivity contribution in [2.45, 2.75) is 31.6 Å². The molecule has 2 aliphatic heterocycles. The highest BCUT2D eigenvalue weighted by Gasteiger charge is 2.59. The molecule has 0 unspecified atom stereocenters. The maximum atomic E-state index is 12.9. The number of likely N-dealkylation sites (tertiary alicyclic amines) is 1. The molecule has 1 amide bonds. The molecule has 0 radical (unpaired) electrons. The van der Waals surface area contributed by atoms with Crippen LogP contribution in [0, 0.1) is 23.7 Å². The Kier molecular flexibility index (Phi) is 4.09. The summed E-state index contributed by atoms with van der Waals surface area (Å²) < 4.78 is 9.52. The number of aliphatic hydroxyl groups is 1. The van der Waals surface area contributed by atoms with Crippen LogP contribution in [-0.2, 0) is 28.7 Å². The van der Waals surface area contributed by atoms with E-state index in [2.05, 4.69) is 0 Å². The van der Waals surface area contributed by atoms with Gasteiger partial charge in [0.2, 0.25) is 12.2 Å². The molecular weight excluding hydrogens is 306 g/mol. The summed E-state index contributed by atoms with van der Waals surface area (Å²) in [5.74, 6) is -4.47. The third kappa shape index (κ3) is 2.41. The summed E-state index contributed by atoms with van der Waals surface area (Å²) in [6.45, 7) is 0.385. The number of carbonyl (C=O) groups excluding carboxylic acids is 4. The van der Waals surface area contributed by atoms with E-state index in [1.54, 1.807) is 0 Å².